The molecule has 128 valence electrons. The zero-order chi connectivity index (χ0) is 18.0. The topological polar surface area (TPSA) is 78.4 Å². The molecule has 0 amide bonds. The third kappa shape index (κ3) is 3.92. The summed E-state index contributed by atoms with van der Waals surface area (Å²) in [5.41, 5.74) is 0.956. The number of rotatable bonds is 4. The predicted molar refractivity (Wildman–Crippen MR) is 95.0 cm³/mol. The Morgan fingerprint density at radius 1 is 1.20 bits per heavy atom. The van der Waals surface area contributed by atoms with Gasteiger partial charge in [-0.05, 0) is 35.9 Å². The Balaban J connectivity index is 1.90. The van der Waals surface area contributed by atoms with E-state index in [1.165, 1.54) is 12.1 Å². The van der Waals surface area contributed by atoms with E-state index < -0.39 is 11.0 Å². The smallest absolute Gasteiger partial charge is 0.283 e. The molecule has 3 rings (SSSR count). The van der Waals surface area contributed by atoms with Crippen LogP contribution in [0.25, 0.3) is 5.70 Å². The van der Waals surface area contributed by atoms with Gasteiger partial charge in [-0.2, -0.15) is 0 Å². The normalized spacial score (nSPS) is 17.5. The highest BCUT2D eigenvalue weighted by Gasteiger charge is 2.30. The van der Waals surface area contributed by atoms with Crippen LogP contribution in [0, 0.1) is 15.3 Å². The van der Waals surface area contributed by atoms with Gasteiger partial charge >= 0.3 is 0 Å². The van der Waals surface area contributed by atoms with Crippen molar-refractivity contribution in [2.45, 2.75) is 12.5 Å². The first-order chi connectivity index (χ1) is 11.9. The highest BCUT2D eigenvalue weighted by atomic mass is 35.5. The standard InChI is InChI=1S/C17H12Cl2N2O4/c18-13-5-1-3-11(7-13)16(20(22)23)9-15-10-17(25-21(15)24)12-4-2-6-14(19)8-12/h1-9,17H,10H2/b16-9+. The second-order valence-corrected chi connectivity index (χ2v) is 6.27. The number of benzene rings is 2. The van der Waals surface area contributed by atoms with E-state index in [9.17, 15) is 15.3 Å². The van der Waals surface area contributed by atoms with E-state index in [1.807, 2.05) is 0 Å². The van der Waals surface area contributed by atoms with Crippen LogP contribution in [0.3, 0.4) is 0 Å². The van der Waals surface area contributed by atoms with Crippen molar-refractivity contribution < 1.29 is 14.7 Å². The van der Waals surface area contributed by atoms with Crippen LogP contribution < -0.4 is 0 Å². The summed E-state index contributed by atoms with van der Waals surface area (Å²) in [5, 5.41) is 24.3. The zero-order valence-corrected chi connectivity index (χ0v) is 14.3. The quantitative estimate of drug-likeness (QED) is 0.441. The van der Waals surface area contributed by atoms with Crippen LogP contribution >= 0.6 is 23.2 Å². The molecule has 1 aliphatic rings. The van der Waals surface area contributed by atoms with E-state index in [0.29, 0.717) is 20.5 Å². The van der Waals surface area contributed by atoms with Crippen molar-refractivity contribution in [2.24, 2.45) is 0 Å². The molecule has 0 fully saturated rings. The van der Waals surface area contributed by atoms with Crippen molar-refractivity contribution in [1.29, 1.82) is 0 Å². The third-order valence-electron chi connectivity index (χ3n) is 3.69. The second kappa shape index (κ2) is 7.13. The van der Waals surface area contributed by atoms with E-state index in [-0.39, 0.29) is 17.8 Å². The van der Waals surface area contributed by atoms with Gasteiger partial charge in [-0.1, -0.05) is 41.4 Å². The summed E-state index contributed by atoms with van der Waals surface area (Å²) >= 11 is 11.8. The molecule has 1 heterocycles. The molecule has 0 N–H and O–H groups in total. The van der Waals surface area contributed by atoms with Crippen LogP contribution in [0.15, 0.2) is 54.6 Å². The zero-order valence-electron chi connectivity index (χ0n) is 12.8. The van der Waals surface area contributed by atoms with Crippen molar-refractivity contribution in [3.8, 4) is 0 Å². The van der Waals surface area contributed by atoms with E-state index in [1.54, 1.807) is 42.5 Å². The summed E-state index contributed by atoms with van der Waals surface area (Å²) in [4.78, 5) is 16.4. The van der Waals surface area contributed by atoms with Gasteiger partial charge in [0, 0.05) is 14.9 Å². The fourth-order valence-electron chi connectivity index (χ4n) is 2.53. The summed E-state index contributed by atoms with van der Waals surface area (Å²) in [6.45, 7) is 0. The van der Waals surface area contributed by atoms with Crippen molar-refractivity contribution in [1.82, 2.24) is 0 Å². The third-order valence-corrected chi connectivity index (χ3v) is 4.16. The molecule has 6 nitrogen and oxygen atoms in total. The summed E-state index contributed by atoms with van der Waals surface area (Å²) < 4.78 is 0. The average Bonchev–Trinajstić information content (AvgIpc) is 2.93. The van der Waals surface area contributed by atoms with Crippen LogP contribution in [-0.2, 0) is 4.84 Å². The van der Waals surface area contributed by atoms with Crippen LogP contribution in [-0.4, -0.2) is 15.5 Å². The predicted octanol–water partition coefficient (Wildman–Crippen LogP) is 4.64. The lowest BCUT2D eigenvalue weighted by Crippen LogP contribution is -2.07. The number of halogens is 2. The van der Waals surface area contributed by atoms with Gasteiger partial charge in [0.25, 0.3) is 11.4 Å². The first-order valence-corrected chi connectivity index (χ1v) is 8.07. The molecule has 0 saturated heterocycles. The van der Waals surface area contributed by atoms with Gasteiger partial charge in [-0.15, -0.1) is 0 Å². The lowest BCUT2D eigenvalue weighted by molar-refractivity contribution is -0.742. The molecule has 1 aliphatic heterocycles. The molecule has 8 heteroatoms. The summed E-state index contributed by atoms with van der Waals surface area (Å²) in [6, 6.07) is 13.2. The highest BCUT2D eigenvalue weighted by molar-refractivity contribution is 6.31. The summed E-state index contributed by atoms with van der Waals surface area (Å²) in [7, 11) is 0. The fraction of sp³-hybridized carbons (Fsp3) is 0.118. The van der Waals surface area contributed by atoms with E-state index >= 15 is 0 Å². The van der Waals surface area contributed by atoms with Crippen LogP contribution in [0.5, 0.6) is 0 Å². The van der Waals surface area contributed by atoms with E-state index in [2.05, 4.69) is 0 Å². The second-order valence-electron chi connectivity index (χ2n) is 5.40. The Kier molecular flexibility index (Phi) is 4.92. The van der Waals surface area contributed by atoms with Gasteiger partial charge in [0.05, 0.1) is 23.0 Å². The van der Waals surface area contributed by atoms with E-state index in [4.69, 9.17) is 28.0 Å². The first kappa shape index (κ1) is 17.3. The van der Waals surface area contributed by atoms with E-state index in [0.717, 1.165) is 5.56 Å². The molecular weight excluding hydrogens is 367 g/mol. The maximum absolute atomic E-state index is 12.0. The van der Waals surface area contributed by atoms with Crippen LogP contribution in [0.1, 0.15) is 23.7 Å². The number of hydrogen-bond donors (Lipinski definition) is 0. The van der Waals surface area contributed by atoms with Gasteiger partial charge in [0.2, 0.25) is 0 Å². The molecule has 25 heavy (non-hydrogen) atoms. The molecular formula is C17H12Cl2N2O4. The van der Waals surface area contributed by atoms with Crippen molar-refractivity contribution in [3.05, 3.63) is 91.1 Å². The maximum Gasteiger partial charge on any atom is 0.283 e. The van der Waals surface area contributed by atoms with Gasteiger partial charge in [-0.25, -0.2) is 0 Å². The molecule has 0 aliphatic carbocycles. The largest absolute Gasteiger partial charge is 0.394 e. The maximum atomic E-state index is 12.0. The minimum Gasteiger partial charge on any atom is -0.394 e. The molecule has 0 radical (unpaired) electrons. The first-order valence-electron chi connectivity index (χ1n) is 7.31. The fourth-order valence-corrected chi connectivity index (χ4v) is 2.92. The van der Waals surface area contributed by atoms with Crippen molar-refractivity contribution in [2.75, 3.05) is 0 Å². The summed E-state index contributed by atoms with van der Waals surface area (Å²) in [6.07, 6.45) is 0.861. The molecule has 0 bridgehead atoms. The number of hydrogen-bond acceptors (Lipinski definition) is 4. The van der Waals surface area contributed by atoms with Crippen molar-refractivity contribution >= 4 is 34.6 Å². The molecule has 0 aromatic heterocycles. The van der Waals surface area contributed by atoms with Gasteiger partial charge < -0.3 is 4.84 Å². The Hall–Kier alpha value is -2.57. The molecule has 1 atom stereocenters. The Labute approximate surface area is 153 Å². The van der Waals surface area contributed by atoms with Crippen LogP contribution in [0.4, 0.5) is 0 Å². The monoisotopic (exact) mass is 378 g/mol. The minimum atomic E-state index is -0.556. The number of nitrogens with zero attached hydrogens (tertiary/aromatic N) is 2. The van der Waals surface area contributed by atoms with Crippen molar-refractivity contribution in [3.63, 3.8) is 0 Å². The Bertz CT molecular complexity index is 896. The number of nitro groups is 1. The SMILES string of the molecule is O=[N+]([O-])/C(=C/C1=[N+]([O-])OC(c2cccc(Cl)c2)C1)c1cccc(Cl)c1. The Morgan fingerprint density at radius 3 is 2.52 bits per heavy atom. The lowest BCUT2D eigenvalue weighted by Gasteiger charge is -2.11. The molecule has 0 spiro atoms. The average molecular weight is 379 g/mol. The number of allylic oxidation sites excluding steroid dienone is 1. The molecule has 2 aromatic carbocycles. The molecule has 1 unspecified atom stereocenters. The molecule has 0 saturated carbocycles. The lowest BCUT2D eigenvalue weighted by atomic mass is 10.0. The highest BCUT2D eigenvalue weighted by Crippen LogP contribution is 2.30. The Morgan fingerprint density at radius 2 is 1.88 bits per heavy atom. The van der Waals surface area contributed by atoms with Gasteiger partial charge in [0.15, 0.2) is 0 Å². The van der Waals surface area contributed by atoms with Gasteiger partial charge in [-0.3, -0.25) is 15.3 Å². The van der Waals surface area contributed by atoms with Gasteiger partial charge in [0.1, 0.15) is 6.10 Å². The molecule has 2 aromatic rings. The van der Waals surface area contributed by atoms with Crippen LogP contribution in [0.2, 0.25) is 10.0 Å². The minimum absolute atomic E-state index is 0.150. The summed E-state index contributed by atoms with van der Waals surface area (Å²) in [5.74, 6) is 0.